The maximum absolute atomic E-state index is 11.8. The van der Waals surface area contributed by atoms with Crippen molar-refractivity contribution in [1.82, 2.24) is 5.32 Å². The van der Waals surface area contributed by atoms with Gasteiger partial charge in [0.2, 0.25) is 0 Å². The smallest absolute Gasteiger partial charge is 0.255 e. The van der Waals surface area contributed by atoms with Crippen molar-refractivity contribution < 1.29 is 9.90 Å². The Labute approximate surface area is 107 Å². The number of phenolic OH excluding ortho intramolecular Hbond substituents is 1. The van der Waals surface area contributed by atoms with E-state index in [1.54, 1.807) is 23.9 Å². The lowest BCUT2D eigenvalue weighted by Crippen LogP contribution is -2.26. The minimum atomic E-state index is -0.212. The summed E-state index contributed by atoms with van der Waals surface area (Å²) in [6, 6.07) is 5.07. The lowest BCUT2D eigenvalue weighted by Gasteiger charge is -2.10. The van der Waals surface area contributed by atoms with Crippen LogP contribution in [0.1, 0.15) is 29.3 Å². The highest BCUT2D eigenvalue weighted by Gasteiger charge is 2.10. The molecule has 3 nitrogen and oxygen atoms in total. The van der Waals surface area contributed by atoms with Gasteiger partial charge in [-0.3, -0.25) is 4.79 Å². The number of phenols is 1. The number of thioether (sulfide) groups is 1. The average molecular weight is 253 g/mol. The Morgan fingerprint density at radius 1 is 1.53 bits per heavy atom. The molecule has 1 amide bonds. The van der Waals surface area contributed by atoms with E-state index < -0.39 is 0 Å². The molecule has 1 rings (SSSR count). The first-order valence-electron chi connectivity index (χ1n) is 5.65. The standard InChI is InChI=1S/C13H19NO2S/c1-9-4-5-11(12(15)8-9)13(16)14-7-6-10(2)17-3/h4-5,8,10,15H,6-7H2,1-3H3,(H,14,16). The van der Waals surface area contributed by atoms with E-state index in [2.05, 4.69) is 18.5 Å². The Balaban J connectivity index is 2.52. The van der Waals surface area contributed by atoms with Crippen LogP contribution in [0.5, 0.6) is 5.75 Å². The van der Waals surface area contributed by atoms with Gasteiger partial charge in [-0.15, -0.1) is 0 Å². The predicted molar refractivity (Wildman–Crippen MR) is 72.8 cm³/mol. The van der Waals surface area contributed by atoms with Crippen molar-refractivity contribution in [2.75, 3.05) is 12.8 Å². The van der Waals surface area contributed by atoms with Crippen LogP contribution in [-0.4, -0.2) is 29.1 Å². The highest BCUT2D eigenvalue weighted by atomic mass is 32.2. The van der Waals surface area contributed by atoms with Gasteiger partial charge in [0.15, 0.2) is 0 Å². The van der Waals surface area contributed by atoms with E-state index >= 15 is 0 Å². The van der Waals surface area contributed by atoms with Gasteiger partial charge in [0.25, 0.3) is 5.91 Å². The Morgan fingerprint density at radius 2 is 2.24 bits per heavy atom. The second-order valence-electron chi connectivity index (χ2n) is 4.11. The van der Waals surface area contributed by atoms with E-state index in [1.165, 1.54) is 0 Å². The third-order valence-corrected chi connectivity index (χ3v) is 3.68. The predicted octanol–water partition coefficient (Wildman–Crippen LogP) is 2.57. The van der Waals surface area contributed by atoms with E-state index in [9.17, 15) is 9.90 Å². The lowest BCUT2D eigenvalue weighted by atomic mass is 10.1. The maximum Gasteiger partial charge on any atom is 0.255 e. The van der Waals surface area contributed by atoms with Crippen LogP contribution in [0, 0.1) is 6.92 Å². The lowest BCUT2D eigenvalue weighted by molar-refractivity contribution is 0.0950. The van der Waals surface area contributed by atoms with Crippen LogP contribution < -0.4 is 5.32 Å². The van der Waals surface area contributed by atoms with Crippen LogP contribution in [0.15, 0.2) is 18.2 Å². The molecule has 0 saturated carbocycles. The summed E-state index contributed by atoms with van der Waals surface area (Å²) in [6.07, 6.45) is 2.98. The topological polar surface area (TPSA) is 49.3 Å². The third kappa shape index (κ3) is 4.30. The summed E-state index contributed by atoms with van der Waals surface area (Å²) in [7, 11) is 0. The molecule has 1 unspecified atom stereocenters. The minimum absolute atomic E-state index is 0.0421. The van der Waals surface area contributed by atoms with E-state index in [0.717, 1.165) is 12.0 Å². The molecule has 4 heteroatoms. The van der Waals surface area contributed by atoms with Gasteiger partial charge in [0.1, 0.15) is 5.75 Å². The number of aryl methyl sites for hydroxylation is 1. The molecule has 0 spiro atoms. The Bertz CT molecular complexity index is 393. The van der Waals surface area contributed by atoms with Gasteiger partial charge in [-0.05, 0) is 37.3 Å². The van der Waals surface area contributed by atoms with E-state index in [-0.39, 0.29) is 11.7 Å². The third-order valence-electron chi connectivity index (χ3n) is 2.64. The number of hydrogen-bond acceptors (Lipinski definition) is 3. The second kappa shape index (κ2) is 6.55. The monoisotopic (exact) mass is 253 g/mol. The number of hydrogen-bond donors (Lipinski definition) is 2. The van der Waals surface area contributed by atoms with Crippen LogP contribution in [-0.2, 0) is 0 Å². The number of rotatable bonds is 5. The van der Waals surface area contributed by atoms with Gasteiger partial charge < -0.3 is 10.4 Å². The maximum atomic E-state index is 11.8. The molecule has 1 atom stereocenters. The zero-order valence-corrected chi connectivity index (χ0v) is 11.3. The van der Waals surface area contributed by atoms with Crippen molar-refractivity contribution >= 4 is 17.7 Å². The molecule has 17 heavy (non-hydrogen) atoms. The van der Waals surface area contributed by atoms with Crippen molar-refractivity contribution in [3.05, 3.63) is 29.3 Å². The summed E-state index contributed by atoms with van der Waals surface area (Å²) in [4.78, 5) is 11.8. The molecular weight excluding hydrogens is 234 g/mol. The van der Waals surface area contributed by atoms with Gasteiger partial charge in [-0.1, -0.05) is 13.0 Å². The van der Waals surface area contributed by atoms with Crippen molar-refractivity contribution in [2.24, 2.45) is 0 Å². The average Bonchev–Trinajstić information content (AvgIpc) is 2.28. The number of nitrogens with one attached hydrogen (secondary N) is 1. The zero-order chi connectivity index (χ0) is 12.8. The molecule has 0 radical (unpaired) electrons. The second-order valence-corrected chi connectivity index (χ2v) is 5.39. The van der Waals surface area contributed by atoms with Crippen molar-refractivity contribution in [3.63, 3.8) is 0 Å². The summed E-state index contributed by atoms with van der Waals surface area (Å²) in [5, 5.41) is 13.0. The number of aromatic hydroxyl groups is 1. The Kier molecular flexibility index (Phi) is 5.35. The van der Waals surface area contributed by atoms with Gasteiger partial charge in [-0.2, -0.15) is 11.8 Å². The normalized spacial score (nSPS) is 12.2. The van der Waals surface area contributed by atoms with Crippen LogP contribution in [0.2, 0.25) is 0 Å². The molecule has 0 aliphatic rings. The number of carbonyl (C=O) groups excluding carboxylic acids is 1. The van der Waals surface area contributed by atoms with Crippen LogP contribution >= 0.6 is 11.8 Å². The molecule has 0 aliphatic heterocycles. The first kappa shape index (κ1) is 13.9. The fourth-order valence-electron chi connectivity index (χ4n) is 1.44. The SMILES string of the molecule is CSC(C)CCNC(=O)c1ccc(C)cc1O. The summed E-state index contributed by atoms with van der Waals surface area (Å²) in [6.45, 7) is 4.63. The summed E-state index contributed by atoms with van der Waals surface area (Å²) >= 11 is 1.78. The zero-order valence-electron chi connectivity index (χ0n) is 10.5. The van der Waals surface area contributed by atoms with Crippen molar-refractivity contribution in [3.8, 4) is 5.75 Å². The number of amides is 1. The molecule has 1 aromatic carbocycles. The fourth-order valence-corrected chi connectivity index (χ4v) is 1.79. The molecule has 1 aromatic rings. The first-order valence-corrected chi connectivity index (χ1v) is 6.94. The Morgan fingerprint density at radius 3 is 2.82 bits per heavy atom. The van der Waals surface area contributed by atoms with E-state index in [0.29, 0.717) is 17.4 Å². The number of benzene rings is 1. The molecule has 0 aliphatic carbocycles. The van der Waals surface area contributed by atoms with E-state index in [1.807, 2.05) is 13.0 Å². The molecular formula is C13H19NO2S. The van der Waals surface area contributed by atoms with Crippen LogP contribution in [0.4, 0.5) is 0 Å². The minimum Gasteiger partial charge on any atom is -0.507 e. The van der Waals surface area contributed by atoms with Crippen LogP contribution in [0.25, 0.3) is 0 Å². The van der Waals surface area contributed by atoms with E-state index in [4.69, 9.17) is 0 Å². The molecule has 0 fully saturated rings. The van der Waals surface area contributed by atoms with Gasteiger partial charge >= 0.3 is 0 Å². The summed E-state index contributed by atoms with van der Waals surface area (Å²) in [5.74, 6) is -0.170. The van der Waals surface area contributed by atoms with Crippen molar-refractivity contribution in [1.29, 1.82) is 0 Å². The molecule has 0 saturated heterocycles. The van der Waals surface area contributed by atoms with Gasteiger partial charge in [0.05, 0.1) is 5.56 Å². The number of carbonyl (C=O) groups is 1. The quantitative estimate of drug-likeness (QED) is 0.848. The van der Waals surface area contributed by atoms with Crippen molar-refractivity contribution in [2.45, 2.75) is 25.5 Å². The Hall–Kier alpha value is -1.16. The molecule has 0 aromatic heterocycles. The molecule has 94 valence electrons. The largest absolute Gasteiger partial charge is 0.507 e. The van der Waals surface area contributed by atoms with Gasteiger partial charge in [0, 0.05) is 11.8 Å². The summed E-state index contributed by atoms with van der Waals surface area (Å²) < 4.78 is 0. The highest BCUT2D eigenvalue weighted by molar-refractivity contribution is 7.99. The molecule has 0 heterocycles. The molecule has 0 bridgehead atoms. The summed E-state index contributed by atoms with van der Waals surface area (Å²) in [5.41, 5.74) is 1.28. The highest BCUT2D eigenvalue weighted by Crippen LogP contribution is 2.18. The first-order chi connectivity index (χ1) is 8.04. The van der Waals surface area contributed by atoms with Gasteiger partial charge in [-0.25, -0.2) is 0 Å². The fraction of sp³-hybridized carbons (Fsp3) is 0.462. The molecule has 2 N–H and O–H groups in total. The van der Waals surface area contributed by atoms with Crippen LogP contribution in [0.3, 0.4) is 0 Å².